The van der Waals surface area contributed by atoms with E-state index in [0.29, 0.717) is 18.1 Å². The quantitative estimate of drug-likeness (QED) is 0.678. The Bertz CT molecular complexity index is 584. The van der Waals surface area contributed by atoms with Gasteiger partial charge in [-0.3, -0.25) is 4.98 Å². The van der Waals surface area contributed by atoms with Gasteiger partial charge in [-0.2, -0.15) is 0 Å². The monoisotopic (exact) mass is 305 g/mol. The van der Waals surface area contributed by atoms with Crippen LogP contribution in [-0.2, 0) is 14.4 Å². The summed E-state index contributed by atoms with van der Waals surface area (Å²) in [5, 5.41) is 23.1. The average Bonchev–Trinajstić information content (AvgIpc) is 3.09. The summed E-state index contributed by atoms with van der Waals surface area (Å²) in [4.78, 5) is 28.4. The minimum atomic E-state index is -1.26. The van der Waals surface area contributed by atoms with Crippen molar-refractivity contribution in [3.63, 3.8) is 0 Å². The first-order valence-corrected chi connectivity index (χ1v) is 6.56. The van der Waals surface area contributed by atoms with Gasteiger partial charge < -0.3 is 20.4 Å². The van der Waals surface area contributed by atoms with E-state index in [4.69, 9.17) is 15.1 Å². The molecule has 2 aliphatic rings. The zero-order valence-corrected chi connectivity index (χ0v) is 11.5. The van der Waals surface area contributed by atoms with Gasteiger partial charge in [-0.05, 0) is 12.1 Å². The molecule has 3 rings (SSSR count). The van der Waals surface area contributed by atoms with E-state index >= 15 is 0 Å². The average molecular weight is 305 g/mol. The van der Waals surface area contributed by atoms with Crippen molar-refractivity contribution in [2.45, 2.75) is 6.10 Å². The van der Waals surface area contributed by atoms with Crippen LogP contribution in [0.5, 0.6) is 0 Å². The molecule has 2 unspecified atom stereocenters. The second-order valence-electron chi connectivity index (χ2n) is 4.63. The van der Waals surface area contributed by atoms with E-state index in [0.717, 1.165) is 24.4 Å². The third-order valence-corrected chi connectivity index (χ3v) is 3.14. The Morgan fingerprint density at radius 3 is 2.41 bits per heavy atom. The molecule has 3 N–H and O–H groups in total. The highest BCUT2D eigenvalue weighted by Crippen LogP contribution is 2.25. The van der Waals surface area contributed by atoms with Crippen molar-refractivity contribution >= 4 is 17.7 Å². The van der Waals surface area contributed by atoms with Crippen LogP contribution in [0.3, 0.4) is 0 Å². The van der Waals surface area contributed by atoms with Crippen molar-refractivity contribution in [2.75, 3.05) is 13.1 Å². The van der Waals surface area contributed by atoms with Gasteiger partial charge in [-0.15, -0.1) is 0 Å². The Kier molecular flexibility index (Phi) is 5.21. The van der Waals surface area contributed by atoms with Crippen molar-refractivity contribution in [3.05, 3.63) is 42.2 Å². The molecule has 0 radical (unpaired) electrons. The van der Waals surface area contributed by atoms with Crippen molar-refractivity contribution in [3.8, 4) is 0 Å². The third kappa shape index (κ3) is 4.13. The molecule has 1 fully saturated rings. The summed E-state index contributed by atoms with van der Waals surface area (Å²) in [6, 6.07) is 3.95. The standard InChI is InChI=1S/C10H11N3O.C4H4O4/c1-3-11-4-2-7(1)10-8-5-12-6-9(8)14-13-10;5-3(6)1-2-4(7)8/h1-4,8-9,12H,5-6H2;1-2H,(H,5,6)(H,7,8)/b;2-1+. The first kappa shape index (κ1) is 15.6. The van der Waals surface area contributed by atoms with E-state index in [-0.39, 0.29) is 6.10 Å². The van der Waals surface area contributed by atoms with Crippen LogP contribution in [0.1, 0.15) is 5.56 Å². The lowest BCUT2D eigenvalue weighted by molar-refractivity contribution is -0.134. The van der Waals surface area contributed by atoms with E-state index in [1.54, 1.807) is 12.4 Å². The molecule has 3 heterocycles. The second-order valence-corrected chi connectivity index (χ2v) is 4.63. The number of hydrogen-bond donors (Lipinski definition) is 3. The Labute approximate surface area is 126 Å². The highest BCUT2D eigenvalue weighted by Gasteiger charge is 2.38. The number of carboxylic acid groups (broad SMARTS) is 2. The molecular weight excluding hydrogens is 290 g/mol. The van der Waals surface area contributed by atoms with Crippen LogP contribution in [0.25, 0.3) is 0 Å². The number of oxime groups is 1. The number of carboxylic acids is 2. The molecule has 0 saturated carbocycles. The van der Waals surface area contributed by atoms with E-state index in [1.807, 2.05) is 12.1 Å². The Morgan fingerprint density at radius 2 is 1.82 bits per heavy atom. The molecule has 0 amide bonds. The maximum atomic E-state index is 9.55. The normalized spacial score (nSPS) is 22.3. The molecule has 116 valence electrons. The van der Waals surface area contributed by atoms with Gasteiger partial charge in [0.15, 0.2) is 0 Å². The lowest BCUT2D eigenvalue weighted by atomic mass is 9.96. The van der Waals surface area contributed by atoms with Gasteiger partial charge in [0, 0.05) is 43.2 Å². The first-order chi connectivity index (χ1) is 10.6. The van der Waals surface area contributed by atoms with Crippen LogP contribution in [0.15, 0.2) is 41.8 Å². The largest absolute Gasteiger partial charge is 0.478 e. The van der Waals surface area contributed by atoms with Crippen molar-refractivity contribution < 1.29 is 24.6 Å². The Balaban J connectivity index is 0.000000192. The van der Waals surface area contributed by atoms with Gasteiger partial charge in [-0.1, -0.05) is 5.16 Å². The number of aromatic nitrogens is 1. The molecule has 0 aromatic carbocycles. The topological polar surface area (TPSA) is 121 Å². The number of rotatable bonds is 3. The van der Waals surface area contributed by atoms with Crippen LogP contribution >= 0.6 is 0 Å². The van der Waals surface area contributed by atoms with Crippen molar-refractivity contribution in [2.24, 2.45) is 11.1 Å². The third-order valence-electron chi connectivity index (χ3n) is 3.14. The first-order valence-electron chi connectivity index (χ1n) is 6.56. The molecule has 8 heteroatoms. The smallest absolute Gasteiger partial charge is 0.328 e. The summed E-state index contributed by atoms with van der Waals surface area (Å²) in [5.41, 5.74) is 2.18. The zero-order chi connectivity index (χ0) is 15.9. The van der Waals surface area contributed by atoms with Crippen LogP contribution in [0.2, 0.25) is 0 Å². The number of nitrogens with zero attached hydrogens (tertiary/aromatic N) is 2. The molecule has 1 saturated heterocycles. The van der Waals surface area contributed by atoms with Crippen LogP contribution < -0.4 is 5.32 Å². The highest BCUT2D eigenvalue weighted by atomic mass is 16.6. The fourth-order valence-electron chi connectivity index (χ4n) is 2.16. The maximum Gasteiger partial charge on any atom is 0.328 e. The summed E-state index contributed by atoms with van der Waals surface area (Å²) >= 11 is 0. The van der Waals surface area contributed by atoms with Crippen LogP contribution in [0.4, 0.5) is 0 Å². The molecule has 2 aliphatic heterocycles. The fraction of sp³-hybridized carbons (Fsp3) is 0.286. The van der Waals surface area contributed by atoms with Crippen LogP contribution in [0, 0.1) is 5.92 Å². The van der Waals surface area contributed by atoms with Crippen molar-refractivity contribution in [1.82, 2.24) is 10.3 Å². The van der Waals surface area contributed by atoms with Gasteiger partial charge in [0.1, 0.15) is 6.10 Å². The Hall–Kier alpha value is -2.74. The fourth-order valence-corrected chi connectivity index (χ4v) is 2.16. The minimum absolute atomic E-state index is 0.234. The van der Waals surface area contributed by atoms with Gasteiger partial charge in [-0.25, -0.2) is 9.59 Å². The van der Waals surface area contributed by atoms with Gasteiger partial charge in [0.05, 0.1) is 11.6 Å². The summed E-state index contributed by atoms with van der Waals surface area (Å²) in [6.45, 7) is 1.87. The second kappa shape index (κ2) is 7.32. The minimum Gasteiger partial charge on any atom is -0.478 e. The molecule has 0 bridgehead atoms. The number of carbonyl (C=O) groups is 2. The molecule has 1 aromatic heterocycles. The van der Waals surface area contributed by atoms with Gasteiger partial charge in [0.25, 0.3) is 0 Å². The van der Waals surface area contributed by atoms with Crippen LogP contribution in [-0.4, -0.2) is 52.0 Å². The summed E-state index contributed by atoms with van der Waals surface area (Å²) in [6.07, 6.45) is 4.92. The summed E-state index contributed by atoms with van der Waals surface area (Å²) < 4.78 is 0. The maximum absolute atomic E-state index is 9.55. The number of aliphatic carboxylic acids is 2. The number of nitrogens with one attached hydrogen (secondary N) is 1. The van der Waals surface area contributed by atoms with Gasteiger partial charge in [0.2, 0.25) is 0 Å². The predicted octanol–water partition coefficient (Wildman–Crippen LogP) is 0.116. The number of pyridine rings is 1. The lowest BCUT2D eigenvalue weighted by Crippen LogP contribution is -2.21. The van der Waals surface area contributed by atoms with E-state index < -0.39 is 11.9 Å². The van der Waals surface area contributed by atoms with E-state index in [2.05, 4.69) is 15.5 Å². The summed E-state index contributed by atoms with van der Waals surface area (Å²) in [7, 11) is 0. The Morgan fingerprint density at radius 1 is 1.18 bits per heavy atom. The SMILES string of the molecule is O=C(O)/C=C/C(=O)O.c1cc(C2=NOC3CNCC23)ccn1. The molecule has 22 heavy (non-hydrogen) atoms. The van der Waals surface area contributed by atoms with Crippen molar-refractivity contribution in [1.29, 1.82) is 0 Å². The molecule has 0 aliphatic carbocycles. The molecule has 0 spiro atoms. The zero-order valence-electron chi connectivity index (χ0n) is 11.5. The molecule has 2 atom stereocenters. The lowest BCUT2D eigenvalue weighted by Gasteiger charge is -2.06. The molecular formula is C14H15N3O5. The predicted molar refractivity (Wildman–Crippen MR) is 76.4 cm³/mol. The molecule has 8 nitrogen and oxygen atoms in total. The highest BCUT2D eigenvalue weighted by molar-refractivity contribution is 6.03. The number of fused-ring (bicyclic) bond motifs is 1. The number of hydrogen-bond acceptors (Lipinski definition) is 6. The summed E-state index contributed by atoms with van der Waals surface area (Å²) in [5.74, 6) is -2.10. The van der Waals surface area contributed by atoms with E-state index in [9.17, 15) is 9.59 Å². The molecule has 1 aromatic rings. The van der Waals surface area contributed by atoms with E-state index in [1.165, 1.54) is 0 Å². The van der Waals surface area contributed by atoms with Gasteiger partial charge >= 0.3 is 11.9 Å².